The molecule has 2 aromatic carbocycles. The summed E-state index contributed by atoms with van der Waals surface area (Å²) in [7, 11) is -1.84. The zero-order valence-corrected chi connectivity index (χ0v) is 14.2. The van der Waals surface area contributed by atoms with Crippen molar-refractivity contribution in [2.75, 3.05) is 25.0 Å². The Balaban J connectivity index is 1.76. The third kappa shape index (κ3) is 3.57. The van der Waals surface area contributed by atoms with Gasteiger partial charge in [-0.05, 0) is 42.7 Å². The van der Waals surface area contributed by atoms with Crippen LogP contribution in [0.25, 0.3) is 0 Å². The summed E-state index contributed by atoms with van der Waals surface area (Å²) in [6, 6.07) is 16.9. The minimum absolute atomic E-state index is 0.346. The van der Waals surface area contributed by atoms with Crippen LogP contribution in [0.1, 0.15) is 18.4 Å². The van der Waals surface area contributed by atoms with Crippen LogP contribution in [0, 0.1) is 0 Å². The number of benzene rings is 2. The summed E-state index contributed by atoms with van der Waals surface area (Å²) >= 11 is 0. The van der Waals surface area contributed by atoms with Gasteiger partial charge in [-0.25, -0.2) is 8.42 Å². The smallest absolute Gasteiger partial charge is 0.243 e. The van der Waals surface area contributed by atoms with Gasteiger partial charge in [-0.1, -0.05) is 30.3 Å². The van der Waals surface area contributed by atoms with E-state index in [1.165, 1.54) is 17.1 Å². The Kier molecular flexibility index (Phi) is 4.68. The number of hydrogen-bond acceptors (Lipinski definition) is 3. The van der Waals surface area contributed by atoms with Crippen LogP contribution in [0.15, 0.2) is 59.5 Å². The fourth-order valence-corrected chi connectivity index (χ4v) is 4.07. The number of nitrogens with zero attached hydrogens (tertiary/aromatic N) is 2. The number of rotatable bonds is 5. The van der Waals surface area contributed by atoms with Gasteiger partial charge in [-0.3, -0.25) is 0 Å². The van der Waals surface area contributed by atoms with Crippen molar-refractivity contribution in [1.82, 2.24) is 4.31 Å². The van der Waals surface area contributed by atoms with E-state index in [0.717, 1.165) is 24.3 Å². The van der Waals surface area contributed by atoms with E-state index in [1.54, 1.807) is 19.2 Å². The normalized spacial score (nSPS) is 15.3. The van der Waals surface area contributed by atoms with Crippen molar-refractivity contribution in [3.63, 3.8) is 0 Å². The minimum Gasteiger partial charge on any atom is -0.372 e. The Hall–Kier alpha value is -1.85. The Morgan fingerprint density at radius 2 is 1.57 bits per heavy atom. The first-order chi connectivity index (χ1) is 11.1. The Bertz CT molecular complexity index is 736. The standard InChI is InChI=1S/C18H22N2O2S/c1-19(15-16-7-3-2-4-8-16)23(21,22)18-11-9-17(10-12-18)20-13-5-6-14-20/h2-4,7-12H,5-6,13-15H2,1H3. The molecule has 0 radical (unpaired) electrons. The molecule has 0 N–H and O–H groups in total. The molecule has 0 bridgehead atoms. The molecule has 5 heteroatoms. The molecule has 122 valence electrons. The topological polar surface area (TPSA) is 40.6 Å². The predicted octanol–water partition coefficient (Wildman–Crippen LogP) is 3.11. The largest absolute Gasteiger partial charge is 0.372 e. The molecule has 23 heavy (non-hydrogen) atoms. The third-order valence-electron chi connectivity index (χ3n) is 4.26. The molecule has 1 aliphatic rings. The fourth-order valence-electron chi connectivity index (χ4n) is 2.91. The summed E-state index contributed by atoms with van der Waals surface area (Å²) < 4.78 is 26.8. The lowest BCUT2D eigenvalue weighted by Gasteiger charge is -2.20. The van der Waals surface area contributed by atoms with E-state index < -0.39 is 10.0 Å². The maximum absolute atomic E-state index is 12.7. The van der Waals surface area contributed by atoms with Crippen molar-refractivity contribution >= 4 is 15.7 Å². The van der Waals surface area contributed by atoms with Crippen molar-refractivity contribution < 1.29 is 8.42 Å². The van der Waals surface area contributed by atoms with Gasteiger partial charge in [0.25, 0.3) is 0 Å². The SMILES string of the molecule is CN(Cc1ccccc1)S(=O)(=O)c1ccc(N2CCCC2)cc1. The fraction of sp³-hybridized carbons (Fsp3) is 0.333. The molecule has 4 nitrogen and oxygen atoms in total. The first-order valence-corrected chi connectivity index (χ1v) is 9.37. The molecule has 1 heterocycles. The first-order valence-electron chi connectivity index (χ1n) is 7.93. The van der Waals surface area contributed by atoms with Crippen molar-refractivity contribution in [2.45, 2.75) is 24.3 Å². The van der Waals surface area contributed by atoms with Crippen molar-refractivity contribution in [3.8, 4) is 0 Å². The van der Waals surface area contributed by atoms with Crippen LogP contribution < -0.4 is 4.90 Å². The molecule has 0 amide bonds. The minimum atomic E-state index is -3.46. The average molecular weight is 330 g/mol. The van der Waals surface area contributed by atoms with Gasteiger partial charge in [0.1, 0.15) is 0 Å². The van der Waals surface area contributed by atoms with Gasteiger partial charge in [-0.2, -0.15) is 4.31 Å². The highest BCUT2D eigenvalue weighted by molar-refractivity contribution is 7.89. The van der Waals surface area contributed by atoms with Crippen LogP contribution in [-0.4, -0.2) is 32.9 Å². The van der Waals surface area contributed by atoms with E-state index in [4.69, 9.17) is 0 Å². The molecule has 1 aliphatic heterocycles. The number of anilines is 1. The van der Waals surface area contributed by atoms with E-state index in [1.807, 2.05) is 42.5 Å². The van der Waals surface area contributed by atoms with Crippen LogP contribution in [0.2, 0.25) is 0 Å². The molecule has 0 aromatic heterocycles. The predicted molar refractivity (Wildman–Crippen MR) is 93.0 cm³/mol. The van der Waals surface area contributed by atoms with Crippen molar-refractivity contribution in [2.24, 2.45) is 0 Å². The Morgan fingerprint density at radius 1 is 0.957 bits per heavy atom. The molecular weight excluding hydrogens is 308 g/mol. The highest BCUT2D eigenvalue weighted by atomic mass is 32.2. The van der Waals surface area contributed by atoms with E-state index in [0.29, 0.717) is 11.4 Å². The summed E-state index contributed by atoms with van der Waals surface area (Å²) in [5.74, 6) is 0. The highest BCUT2D eigenvalue weighted by Crippen LogP contribution is 2.23. The quantitative estimate of drug-likeness (QED) is 0.846. The van der Waals surface area contributed by atoms with Gasteiger partial charge < -0.3 is 4.90 Å². The van der Waals surface area contributed by atoms with Crippen LogP contribution in [-0.2, 0) is 16.6 Å². The second-order valence-electron chi connectivity index (χ2n) is 5.93. The lowest BCUT2D eigenvalue weighted by molar-refractivity contribution is 0.467. The van der Waals surface area contributed by atoms with E-state index in [9.17, 15) is 8.42 Å². The van der Waals surface area contributed by atoms with Gasteiger partial charge in [0.05, 0.1) is 4.90 Å². The van der Waals surface area contributed by atoms with E-state index in [-0.39, 0.29) is 0 Å². The van der Waals surface area contributed by atoms with Crippen molar-refractivity contribution in [1.29, 1.82) is 0 Å². The average Bonchev–Trinajstić information content (AvgIpc) is 3.10. The Labute approximate surface area is 138 Å². The molecule has 0 atom stereocenters. The number of sulfonamides is 1. The molecule has 1 saturated heterocycles. The Morgan fingerprint density at radius 3 is 2.17 bits per heavy atom. The van der Waals surface area contributed by atoms with Gasteiger partial charge >= 0.3 is 0 Å². The lowest BCUT2D eigenvalue weighted by atomic mass is 10.2. The molecule has 0 spiro atoms. The maximum Gasteiger partial charge on any atom is 0.243 e. The van der Waals surface area contributed by atoms with Crippen LogP contribution >= 0.6 is 0 Å². The second-order valence-corrected chi connectivity index (χ2v) is 7.98. The van der Waals surface area contributed by atoms with Gasteiger partial charge in [0.15, 0.2) is 0 Å². The molecule has 0 aliphatic carbocycles. The number of hydrogen-bond donors (Lipinski definition) is 0. The molecule has 2 aromatic rings. The summed E-state index contributed by atoms with van der Waals surface area (Å²) in [6.07, 6.45) is 2.42. The summed E-state index contributed by atoms with van der Waals surface area (Å²) in [5, 5.41) is 0. The maximum atomic E-state index is 12.7. The monoisotopic (exact) mass is 330 g/mol. The molecule has 0 unspecified atom stereocenters. The van der Waals surface area contributed by atoms with Gasteiger partial charge in [-0.15, -0.1) is 0 Å². The van der Waals surface area contributed by atoms with Crippen molar-refractivity contribution in [3.05, 3.63) is 60.2 Å². The zero-order valence-electron chi connectivity index (χ0n) is 13.4. The van der Waals surface area contributed by atoms with Crippen LogP contribution in [0.3, 0.4) is 0 Å². The van der Waals surface area contributed by atoms with Crippen LogP contribution in [0.5, 0.6) is 0 Å². The molecule has 1 fully saturated rings. The van der Waals surface area contributed by atoms with Crippen LogP contribution in [0.4, 0.5) is 5.69 Å². The summed E-state index contributed by atoms with van der Waals surface area (Å²) in [5.41, 5.74) is 2.08. The lowest BCUT2D eigenvalue weighted by Crippen LogP contribution is -2.26. The molecular formula is C18H22N2O2S. The molecule has 0 saturated carbocycles. The van der Waals surface area contributed by atoms with E-state index in [2.05, 4.69) is 4.90 Å². The summed E-state index contributed by atoms with van der Waals surface area (Å²) in [4.78, 5) is 2.64. The second kappa shape index (κ2) is 6.72. The highest BCUT2D eigenvalue weighted by Gasteiger charge is 2.21. The van der Waals surface area contributed by atoms with Gasteiger partial charge in [0.2, 0.25) is 10.0 Å². The van der Waals surface area contributed by atoms with E-state index >= 15 is 0 Å². The first kappa shape index (κ1) is 16.0. The summed E-state index contributed by atoms with van der Waals surface area (Å²) in [6.45, 7) is 2.48. The zero-order chi connectivity index (χ0) is 16.3. The van der Waals surface area contributed by atoms with Gasteiger partial charge in [0, 0.05) is 32.4 Å². The third-order valence-corrected chi connectivity index (χ3v) is 6.08. The molecule has 3 rings (SSSR count).